The zero-order chi connectivity index (χ0) is 21.5. The van der Waals surface area contributed by atoms with E-state index in [1.807, 2.05) is 18.7 Å². The van der Waals surface area contributed by atoms with Gasteiger partial charge in [-0.15, -0.1) is 0 Å². The second-order valence-corrected chi connectivity index (χ2v) is 8.82. The minimum Gasteiger partial charge on any atom is -0.352 e. The van der Waals surface area contributed by atoms with E-state index in [0.717, 1.165) is 38.8 Å². The number of carbonyl (C=O) groups is 3. The van der Waals surface area contributed by atoms with E-state index in [1.165, 1.54) is 18.2 Å². The van der Waals surface area contributed by atoms with Crippen molar-refractivity contribution in [2.45, 2.75) is 63.7 Å². The van der Waals surface area contributed by atoms with Crippen molar-refractivity contribution in [2.24, 2.45) is 4.99 Å². The third-order valence-corrected chi connectivity index (χ3v) is 6.70. The Labute approximate surface area is 182 Å². The van der Waals surface area contributed by atoms with Crippen LogP contribution >= 0.6 is 11.8 Å². The van der Waals surface area contributed by atoms with Crippen LogP contribution in [-0.4, -0.2) is 52.2 Å². The standard InChI is InChI=1S/C22H30N4O3S/c1-3-26(4-2)22-25-21(29)18(30-22)14-19(27)23-17-12-8-9-15(13-17)20(28)24-16-10-6-5-7-11-16/h8-9,12-13,16,18H,3-7,10-11,14H2,1-2H3,(H,23,27)(H,24,28)/t18-/m1/s1. The number of carbonyl (C=O) groups excluding carboxylic acids is 3. The van der Waals surface area contributed by atoms with Crippen LogP contribution in [0.1, 0.15) is 62.7 Å². The number of aliphatic imine (C=N–C) groups is 1. The number of nitrogens with zero attached hydrogens (tertiary/aromatic N) is 2. The van der Waals surface area contributed by atoms with Gasteiger partial charge in [0.05, 0.1) is 0 Å². The molecule has 1 aromatic rings. The molecule has 3 rings (SSSR count). The maximum Gasteiger partial charge on any atom is 0.262 e. The van der Waals surface area contributed by atoms with Gasteiger partial charge in [-0.3, -0.25) is 14.4 Å². The molecule has 7 nitrogen and oxygen atoms in total. The third kappa shape index (κ3) is 5.84. The molecule has 2 aliphatic rings. The fourth-order valence-electron chi connectivity index (χ4n) is 3.77. The Morgan fingerprint density at radius 1 is 1.17 bits per heavy atom. The number of hydrogen-bond donors (Lipinski definition) is 2. The summed E-state index contributed by atoms with van der Waals surface area (Å²) in [7, 11) is 0. The predicted molar refractivity (Wildman–Crippen MR) is 121 cm³/mol. The molecule has 0 bridgehead atoms. The summed E-state index contributed by atoms with van der Waals surface area (Å²) in [6, 6.07) is 7.15. The van der Waals surface area contributed by atoms with Crippen LogP contribution in [0.3, 0.4) is 0 Å². The number of hydrogen-bond acceptors (Lipinski definition) is 5. The van der Waals surface area contributed by atoms with Crippen LogP contribution in [0.2, 0.25) is 0 Å². The van der Waals surface area contributed by atoms with Gasteiger partial charge in [0.2, 0.25) is 5.91 Å². The summed E-state index contributed by atoms with van der Waals surface area (Å²) in [5, 5.41) is 6.08. The zero-order valence-corrected chi connectivity index (χ0v) is 18.5. The van der Waals surface area contributed by atoms with Crippen LogP contribution < -0.4 is 10.6 Å². The first kappa shape index (κ1) is 22.3. The van der Waals surface area contributed by atoms with Gasteiger partial charge in [-0.25, -0.2) is 0 Å². The SMILES string of the molecule is CCN(CC)C1=NC(=O)[C@@H](CC(=O)Nc2cccc(C(=O)NC3CCCCC3)c2)S1. The number of nitrogens with one attached hydrogen (secondary N) is 2. The highest BCUT2D eigenvalue weighted by Gasteiger charge is 2.32. The van der Waals surface area contributed by atoms with Gasteiger partial charge in [0.1, 0.15) is 5.25 Å². The number of amidine groups is 1. The molecule has 1 fully saturated rings. The van der Waals surface area contributed by atoms with Crippen molar-refractivity contribution < 1.29 is 14.4 Å². The Kier molecular flexibility index (Phi) is 7.90. The summed E-state index contributed by atoms with van der Waals surface area (Å²) >= 11 is 1.34. The first-order valence-corrected chi connectivity index (χ1v) is 11.6. The van der Waals surface area contributed by atoms with Crippen molar-refractivity contribution in [1.29, 1.82) is 0 Å². The molecular formula is C22H30N4O3S. The molecule has 1 aliphatic heterocycles. The van der Waals surface area contributed by atoms with Gasteiger partial charge in [-0.05, 0) is 44.9 Å². The third-order valence-electron chi connectivity index (χ3n) is 5.48. The van der Waals surface area contributed by atoms with Crippen LogP contribution in [0, 0.1) is 0 Å². The second-order valence-electron chi connectivity index (χ2n) is 7.65. The average molecular weight is 431 g/mol. The van der Waals surface area contributed by atoms with Crippen LogP contribution in [0.25, 0.3) is 0 Å². The monoisotopic (exact) mass is 430 g/mol. The summed E-state index contributed by atoms with van der Waals surface area (Å²) in [4.78, 5) is 43.3. The Hall–Kier alpha value is -2.35. The van der Waals surface area contributed by atoms with Crippen LogP contribution in [0.15, 0.2) is 29.3 Å². The normalized spacial score (nSPS) is 19.3. The lowest BCUT2D eigenvalue weighted by atomic mass is 9.95. The van der Waals surface area contributed by atoms with Crippen molar-refractivity contribution in [3.63, 3.8) is 0 Å². The maximum absolute atomic E-state index is 12.5. The first-order valence-electron chi connectivity index (χ1n) is 10.7. The van der Waals surface area contributed by atoms with Crippen molar-refractivity contribution in [1.82, 2.24) is 10.2 Å². The minimum atomic E-state index is -0.501. The van der Waals surface area contributed by atoms with E-state index in [0.29, 0.717) is 16.4 Å². The molecule has 1 heterocycles. The van der Waals surface area contributed by atoms with Gasteiger partial charge in [-0.1, -0.05) is 37.1 Å². The van der Waals surface area contributed by atoms with Gasteiger partial charge >= 0.3 is 0 Å². The smallest absolute Gasteiger partial charge is 0.262 e. The molecule has 0 aromatic heterocycles. The van der Waals surface area contributed by atoms with Crippen molar-refractivity contribution >= 4 is 40.3 Å². The van der Waals surface area contributed by atoms with E-state index < -0.39 is 5.25 Å². The van der Waals surface area contributed by atoms with Crippen molar-refractivity contribution in [2.75, 3.05) is 18.4 Å². The molecule has 8 heteroatoms. The second kappa shape index (κ2) is 10.6. The van der Waals surface area contributed by atoms with Gasteiger partial charge in [0.25, 0.3) is 11.8 Å². The summed E-state index contributed by atoms with van der Waals surface area (Å²) in [5.74, 6) is -0.642. The fraction of sp³-hybridized carbons (Fsp3) is 0.545. The maximum atomic E-state index is 12.5. The molecular weight excluding hydrogens is 400 g/mol. The quantitative estimate of drug-likeness (QED) is 0.692. The van der Waals surface area contributed by atoms with Crippen LogP contribution in [0.5, 0.6) is 0 Å². The molecule has 0 spiro atoms. The number of benzene rings is 1. The number of anilines is 1. The molecule has 0 unspecified atom stereocenters. The largest absolute Gasteiger partial charge is 0.352 e. The molecule has 0 radical (unpaired) electrons. The molecule has 1 aliphatic carbocycles. The van der Waals surface area contributed by atoms with Crippen molar-refractivity contribution in [3.05, 3.63) is 29.8 Å². The molecule has 162 valence electrons. The average Bonchev–Trinajstić information content (AvgIpc) is 3.09. The van der Waals surface area contributed by atoms with Gasteiger partial charge in [0, 0.05) is 36.8 Å². The lowest BCUT2D eigenvalue weighted by Gasteiger charge is -2.22. The lowest BCUT2D eigenvalue weighted by Crippen LogP contribution is -2.36. The molecule has 1 atom stereocenters. The molecule has 30 heavy (non-hydrogen) atoms. The minimum absolute atomic E-state index is 0.0519. The van der Waals surface area contributed by atoms with Gasteiger partial charge in [-0.2, -0.15) is 4.99 Å². The lowest BCUT2D eigenvalue weighted by molar-refractivity contribution is -0.121. The zero-order valence-electron chi connectivity index (χ0n) is 17.6. The van der Waals surface area contributed by atoms with Crippen LogP contribution in [0.4, 0.5) is 5.69 Å². The Bertz CT molecular complexity index is 816. The molecule has 1 aromatic carbocycles. The predicted octanol–water partition coefficient (Wildman–Crippen LogP) is 3.42. The van der Waals surface area contributed by atoms with Gasteiger partial charge in [0.15, 0.2) is 5.17 Å². The van der Waals surface area contributed by atoms with E-state index in [4.69, 9.17) is 0 Å². The topological polar surface area (TPSA) is 90.9 Å². The summed E-state index contributed by atoms with van der Waals surface area (Å²) < 4.78 is 0. The summed E-state index contributed by atoms with van der Waals surface area (Å²) in [6.07, 6.45) is 5.63. The van der Waals surface area contributed by atoms with Gasteiger partial charge < -0.3 is 15.5 Å². The highest BCUT2D eigenvalue weighted by atomic mass is 32.2. The Morgan fingerprint density at radius 3 is 2.60 bits per heavy atom. The molecule has 1 saturated carbocycles. The summed E-state index contributed by atoms with van der Waals surface area (Å²) in [6.45, 7) is 5.55. The van der Waals surface area contributed by atoms with E-state index >= 15 is 0 Å². The molecule has 3 amide bonds. The molecule has 0 saturated heterocycles. The number of amides is 3. The Morgan fingerprint density at radius 2 is 1.90 bits per heavy atom. The fourth-order valence-corrected chi connectivity index (χ4v) is 4.97. The van der Waals surface area contributed by atoms with E-state index in [2.05, 4.69) is 15.6 Å². The highest BCUT2D eigenvalue weighted by Crippen LogP contribution is 2.27. The summed E-state index contributed by atoms with van der Waals surface area (Å²) in [5.41, 5.74) is 1.08. The number of thioether (sulfide) groups is 1. The number of rotatable bonds is 7. The van der Waals surface area contributed by atoms with E-state index in [-0.39, 0.29) is 30.2 Å². The van der Waals surface area contributed by atoms with E-state index in [9.17, 15) is 14.4 Å². The Balaban J connectivity index is 1.54. The van der Waals surface area contributed by atoms with E-state index in [1.54, 1.807) is 24.3 Å². The van der Waals surface area contributed by atoms with Crippen molar-refractivity contribution in [3.8, 4) is 0 Å². The van der Waals surface area contributed by atoms with Crippen LogP contribution in [-0.2, 0) is 9.59 Å². The first-order chi connectivity index (χ1) is 14.5. The molecule has 2 N–H and O–H groups in total. The highest BCUT2D eigenvalue weighted by molar-refractivity contribution is 8.15.